The van der Waals surface area contributed by atoms with E-state index in [4.69, 9.17) is 16.3 Å². The average Bonchev–Trinajstić information content (AvgIpc) is 3.01. The van der Waals surface area contributed by atoms with Gasteiger partial charge in [0, 0.05) is 49.7 Å². The first-order valence-corrected chi connectivity index (χ1v) is 10.8. The molecule has 0 atom stereocenters. The molecule has 6 heteroatoms. The first-order chi connectivity index (χ1) is 14.7. The Morgan fingerprint density at radius 1 is 1.10 bits per heavy atom. The zero-order valence-electron chi connectivity index (χ0n) is 18.8. The molecule has 0 saturated heterocycles. The van der Waals surface area contributed by atoms with E-state index in [9.17, 15) is 4.79 Å². The third-order valence-corrected chi connectivity index (χ3v) is 5.24. The maximum Gasteiger partial charge on any atom is 0.414 e. The van der Waals surface area contributed by atoms with Crippen molar-refractivity contribution in [1.29, 1.82) is 0 Å². The van der Waals surface area contributed by atoms with Gasteiger partial charge in [-0.15, -0.1) is 0 Å². The Kier molecular flexibility index (Phi) is 7.29. The van der Waals surface area contributed by atoms with Crippen LogP contribution in [0.25, 0.3) is 11.1 Å². The Morgan fingerprint density at radius 3 is 2.32 bits per heavy atom. The second kappa shape index (κ2) is 9.92. The molecule has 0 aliphatic rings. The lowest BCUT2D eigenvalue weighted by Gasteiger charge is -2.15. The SMILES string of the molecule is Cc1cn(CC(C)C)c(OC(=O)NCc2ccc(N(C)C)cc2)c1-c1ccc(Cl)cc1. The van der Waals surface area contributed by atoms with Crippen LogP contribution in [0.15, 0.2) is 54.7 Å². The minimum Gasteiger partial charge on any atom is -0.392 e. The maximum atomic E-state index is 12.7. The smallest absolute Gasteiger partial charge is 0.392 e. The highest BCUT2D eigenvalue weighted by molar-refractivity contribution is 6.30. The highest BCUT2D eigenvalue weighted by atomic mass is 35.5. The van der Waals surface area contributed by atoms with Gasteiger partial charge in [0.1, 0.15) is 0 Å². The summed E-state index contributed by atoms with van der Waals surface area (Å²) in [6.45, 7) is 7.45. The third-order valence-electron chi connectivity index (χ3n) is 4.99. The second-order valence-corrected chi connectivity index (χ2v) is 8.79. The Balaban J connectivity index is 1.79. The number of anilines is 1. The van der Waals surface area contributed by atoms with E-state index in [1.807, 2.05) is 85.2 Å². The van der Waals surface area contributed by atoms with Gasteiger partial charge in [0.25, 0.3) is 0 Å². The molecule has 1 heterocycles. The molecule has 3 rings (SSSR count). The van der Waals surface area contributed by atoms with Crippen molar-refractivity contribution >= 4 is 23.4 Å². The lowest BCUT2D eigenvalue weighted by atomic mass is 10.1. The van der Waals surface area contributed by atoms with Gasteiger partial charge in [0.2, 0.25) is 5.88 Å². The molecule has 5 nitrogen and oxygen atoms in total. The summed E-state index contributed by atoms with van der Waals surface area (Å²) in [4.78, 5) is 14.7. The van der Waals surface area contributed by atoms with Crippen LogP contribution in [0.4, 0.5) is 10.5 Å². The highest BCUT2D eigenvalue weighted by Crippen LogP contribution is 2.36. The molecule has 0 bridgehead atoms. The van der Waals surface area contributed by atoms with Crippen molar-refractivity contribution in [3.05, 3.63) is 70.9 Å². The van der Waals surface area contributed by atoms with E-state index in [0.717, 1.165) is 34.5 Å². The van der Waals surface area contributed by atoms with Gasteiger partial charge in [0.15, 0.2) is 0 Å². The number of aromatic nitrogens is 1. The predicted octanol–water partition coefficient (Wildman–Crippen LogP) is 6.13. The van der Waals surface area contributed by atoms with Gasteiger partial charge in [-0.2, -0.15) is 0 Å². The number of nitrogens with zero attached hydrogens (tertiary/aromatic N) is 2. The number of hydrogen-bond acceptors (Lipinski definition) is 3. The number of halogens is 1. The molecule has 0 fully saturated rings. The fourth-order valence-electron chi connectivity index (χ4n) is 3.49. The number of rotatable bonds is 7. The topological polar surface area (TPSA) is 46.5 Å². The summed E-state index contributed by atoms with van der Waals surface area (Å²) >= 11 is 6.06. The predicted molar refractivity (Wildman–Crippen MR) is 128 cm³/mol. The molecule has 3 aromatic rings. The quantitative estimate of drug-likeness (QED) is 0.481. The molecule has 164 valence electrons. The zero-order chi connectivity index (χ0) is 22.5. The van der Waals surface area contributed by atoms with E-state index in [1.54, 1.807) is 0 Å². The van der Waals surface area contributed by atoms with Crippen LogP contribution in [0.2, 0.25) is 5.02 Å². The molecule has 1 N–H and O–H groups in total. The fourth-order valence-corrected chi connectivity index (χ4v) is 3.61. The van der Waals surface area contributed by atoms with Crippen molar-refractivity contribution in [3.63, 3.8) is 0 Å². The molecule has 0 radical (unpaired) electrons. The number of amides is 1. The normalized spacial score (nSPS) is 10.9. The number of aryl methyl sites for hydroxylation is 1. The van der Waals surface area contributed by atoms with Gasteiger partial charge in [-0.3, -0.25) is 0 Å². The minimum atomic E-state index is -0.477. The Morgan fingerprint density at radius 2 is 1.74 bits per heavy atom. The van der Waals surface area contributed by atoms with E-state index in [1.165, 1.54) is 0 Å². The van der Waals surface area contributed by atoms with Crippen molar-refractivity contribution in [2.45, 2.75) is 33.9 Å². The van der Waals surface area contributed by atoms with Crippen LogP contribution in [-0.4, -0.2) is 24.8 Å². The summed E-state index contributed by atoms with van der Waals surface area (Å²) in [7, 11) is 3.99. The monoisotopic (exact) mass is 439 g/mol. The van der Waals surface area contributed by atoms with Gasteiger partial charge in [-0.1, -0.05) is 49.7 Å². The van der Waals surface area contributed by atoms with E-state index in [2.05, 4.69) is 19.2 Å². The Bertz CT molecular complexity index is 1020. The van der Waals surface area contributed by atoms with Crippen LogP contribution >= 0.6 is 11.6 Å². The molecular formula is C25H30ClN3O2. The van der Waals surface area contributed by atoms with E-state index < -0.39 is 6.09 Å². The van der Waals surface area contributed by atoms with Gasteiger partial charge in [-0.05, 0) is 53.8 Å². The molecule has 31 heavy (non-hydrogen) atoms. The van der Waals surface area contributed by atoms with Crippen molar-refractivity contribution in [2.24, 2.45) is 5.92 Å². The fraction of sp³-hybridized carbons (Fsp3) is 0.320. The van der Waals surface area contributed by atoms with Gasteiger partial charge >= 0.3 is 6.09 Å². The molecule has 1 aromatic heterocycles. The number of carbonyl (C=O) groups is 1. The molecule has 0 spiro atoms. The summed E-state index contributed by atoms with van der Waals surface area (Å²) in [6.07, 6.45) is 1.56. The Hall–Kier alpha value is -2.92. The summed E-state index contributed by atoms with van der Waals surface area (Å²) in [5.74, 6) is 0.958. The number of nitrogens with one attached hydrogen (secondary N) is 1. The minimum absolute atomic E-state index is 0.396. The van der Waals surface area contributed by atoms with Crippen LogP contribution in [-0.2, 0) is 13.1 Å². The van der Waals surface area contributed by atoms with Crippen LogP contribution in [0, 0.1) is 12.8 Å². The third kappa shape index (κ3) is 5.82. The number of ether oxygens (including phenoxy) is 1. The molecule has 0 saturated carbocycles. The summed E-state index contributed by atoms with van der Waals surface area (Å²) in [5.41, 5.74) is 5.04. The van der Waals surface area contributed by atoms with Crippen molar-refractivity contribution in [1.82, 2.24) is 9.88 Å². The number of hydrogen-bond donors (Lipinski definition) is 1. The van der Waals surface area contributed by atoms with Crippen molar-refractivity contribution in [3.8, 4) is 17.0 Å². The second-order valence-electron chi connectivity index (χ2n) is 8.35. The van der Waals surface area contributed by atoms with Gasteiger partial charge in [-0.25, -0.2) is 4.79 Å². The largest absolute Gasteiger partial charge is 0.414 e. The van der Waals surface area contributed by atoms with Crippen LogP contribution in [0.1, 0.15) is 25.0 Å². The Labute approximate surface area is 189 Å². The number of carbonyl (C=O) groups excluding carboxylic acids is 1. The van der Waals surface area contributed by atoms with Crippen LogP contribution < -0.4 is 15.0 Å². The molecule has 1 amide bonds. The van der Waals surface area contributed by atoms with Crippen molar-refractivity contribution < 1.29 is 9.53 Å². The molecular weight excluding hydrogens is 410 g/mol. The van der Waals surface area contributed by atoms with E-state index in [0.29, 0.717) is 23.4 Å². The first-order valence-electron chi connectivity index (χ1n) is 10.4. The van der Waals surface area contributed by atoms with Gasteiger partial charge < -0.3 is 19.5 Å². The molecule has 0 aliphatic heterocycles. The molecule has 0 unspecified atom stereocenters. The van der Waals surface area contributed by atoms with E-state index >= 15 is 0 Å². The van der Waals surface area contributed by atoms with Gasteiger partial charge in [0.05, 0.1) is 0 Å². The number of benzene rings is 2. The highest BCUT2D eigenvalue weighted by Gasteiger charge is 2.20. The molecule has 0 aliphatic carbocycles. The lowest BCUT2D eigenvalue weighted by Crippen LogP contribution is -2.27. The standard InChI is InChI=1S/C25H30ClN3O2/c1-17(2)15-29-16-18(3)23(20-8-10-21(26)11-9-20)24(29)31-25(30)27-14-19-6-12-22(13-7-19)28(4)5/h6-13,16-17H,14-15H2,1-5H3,(H,27,30). The zero-order valence-corrected chi connectivity index (χ0v) is 19.5. The van der Waals surface area contributed by atoms with Crippen LogP contribution in [0.5, 0.6) is 5.88 Å². The maximum absolute atomic E-state index is 12.7. The first kappa shape index (κ1) is 22.8. The summed E-state index contributed by atoms with van der Waals surface area (Å²) in [6, 6.07) is 15.6. The summed E-state index contributed by atoms with van der Waals surface area (Å²) in [5, 5.41) is 3.53. The van der Waals surface area contributed by atoms with Crippen LogP contribution in [0.3, 0.4) is 0 Å². The van der Waals surface area contributed by atoms with E-state index in [-0.39, 0.29) is 0 Å². The lowest BCUT2D eigenvalue weighted by molar-refractivity contribution is 0.195. The average molecular weight is 440 g/mol. The molecule has 2 aromatic carbocycles. The van der Waals surface area contributed by atoms with Crippen molar-refractivity contribution in [2.75, 3.05) is 19.0 Å². The summed E-state index contributed by atoms with van der Waals surface area (Å²) < 4.78 is 7.85.